The van der Waals surface area contributed by atoms with Crippen LogP contribution in [0.3, 0.4) is 0 Å². The molecule has 0 aliphatic carbocycles. The summed E-state index contributed by atoms with van der Waals surface area (Å²) in [4.78, 5) is 37.9. The fourth-order valence-electron chi connectivity index (χ4n) is 3.23. The number of anilines is 2. The lowest BCUT2D eigenvalue weighted by Crippen LogP contribution is -2.41. The van der Waals surface area contributed by atoms with Gasteiger partial charge in [-0.15, -0.1) is 0 Å². The van der Waals surface area contributed by atoms with Crippen LogP contribution in [0.2, 0.25) is 5.02 Å². The molecule has 0 atom stereocenters. The molecule has 3 amide bonds. The number of benzene rings is 2. The van der Waals surface area contributed by atoms with E-state index in [2.05, 4.69) is 10.6 Å². The minimum Gasteiger partial charge on any atom is -0.339 e. The Balaban J connectivity index is 1.53. The van der Waals surface area contributed by atoms with Gasteiger partial charge in [0.1, 0.15) is 0 Å². The Kier molecular flexibility index (Phi) is 6.31. The van der Waals surface area contributed by atoms with Gasteiger partial charge in [0.2, 0.25) is 11.8 Å². The average Bonchev–Trinajstić information content (AvgIpc) is 2.69. The maximum Gasteiger partial charge on any atom is 0.255 e. The standard InChI is InChI=1S/C21H22ClN3O3/c1-14(26)23-16-6-8-17(9-7-16)24-20(27)15-10-12-25(13-11-15)21(28)18-4-2-3-5-19(18)22/h2-9,15H,10-13H2,1H3,(H,23,26)(H,24,27). The van der Waals surface area contributed by atoms with E-state index in [4.69, 9.17) is 11.6 Å². The van der Waals surface area contributed by atoms with Crippen LogP contribution in [-0.2, 0) is 9.59 Å². The summed E-state index contributed by atoms with van der Waals surface area (Å²) >= 11 is 6.11. The lowest BCUT2D eigenvalue weighted by Gasteiger charge is -2.31. The highest BCUT2D eigenvalue weighted by molar-refractivity contribution is 6.33. The highest BCUT2D eigenvalue weighted by atomic mass is 35.5. The van der Waals surface area contributed by atoms with Crippen LogP contribution in [0, 0.1) is 5.92 Å². The number of carbonyl (C=O) groups is 3. The number of hydrogen-bond acceptors (Lipinski definition) is 3. The predicted molar refractivity (Wildman–Crippen MR) is 109 cm³/mol. The van der Waals surface area contributed by atoms with Crippen molar-refractivity contribution in [1.82, 2.24) is 4.90 Å². The smallest absolute Gasteiger partial charge is 0.255 e. The van der Waals surface area contributed by atoms with Crippen molar-refractivity contribution in [1.29, 1.82) is 0 Å². The second-order valence-electron chi connectivity index (χ2n) is 6.79. The third-order valence-corrected chi connectivity index (χ3v) is 5.06. The van der Waals surface area contributed by atoms with Crippen LogP contribution in [-0.4, -0.2) is 35.7 Å². The van der Waals surface area contributed by atoms with Crippen molar-refractivity contribution in [2.75, 3.05) is 23.7 Å². The van der Waals surface area contributed by atoms with Crippen LogP contribution in [0.5, 0.6) is 0 Å². The quantitative estimate of drug-likeness (QED) is 0.820. The zero-order valence-corrected chi connectivity index (χ0v) is 16.3. The number of amides is 3. The van der Waals surface area contributed by atoms with Crippen LogP contribution < -0.4 is 10.6 Å². The molecule has 0 radical (unpaired) electrons. The molecule has 1 fully saturated rings. The molecule has 1 saturated heterocycles. The topological polar surface area (TPSA) is 78.5 Å². The van der Waals surface area contributed by atoms with E-state index < -0.39 is 0 Å². The van der Waals surface area contributed by atoms with Gasteiger partial charge < -0.3 is 15.5 Å². The van der Waals surface area contributed by atoms with E-state index in [-0.39, 0.29) is 23.6 Å². The molecule has 2 N–H and O–H groups in total. The van der Waals surface area contributed by atoms with Gasteiger partial charge in [-0.1, -0.05) is 23.7 Å². The summed E-state index contributed by atoms with van der Waals surface area (Å²) in [6, 6.07) is 14.0. The maximum atomic E-state index is 12.6. The molecule has 7 heteroatoms. The van der Waals surface area contributed by atoms with Gasteiger partial charge in [0.25, 0.3) is 5.91 Å². The number of halogens is 1. The highest BCUT2D eigenvalue weighted by Crippen LogP contribution is 2.24. The molecule has 3 rings (SSSR count). The van der Waals surface area contributed by atoms with Crippen molar-refractivity contribution in [2.24, 2.45) is 5.92 Å². The molecule has 146 valence electrons. The molecule has 1 aliphatic heterocycles. The predicted octanol–water partition coefficient (Wildman–Crippen LogP) is 3.79. The van der Waals surface area contributed by atoms with Crippen molar-refractivity contribution in [3.8, 4) is 0 Å². The Morgan fingerprint density at radius 1 is 0.929 bits per heavy atom. The first-order valence-electron chi connectivity index (χ1n) is 9.16. The number of rotatable bonds is 4. The first kappa shape index (κ1) is 19.9. The fraction of sp³-hybridized carbons (Fsp3) is 0.286. The first-order valence-corrected chi connectivity index (χ1v) is 9.54. The van der Waals surface area contributed by atoms with Crippen molar-refractivity contribution in [2.45, 2.75) is 19.8 Å². The SMILES string of the molecule is CC(=O)Nc1ccc(NC(=O)C2CCN(C(=O)c3ccccc3Cl)CC2)cc1. The summed E-state index contributed by atoms with van der Waals surface area (Å²) in [5.41, 5.74) is 1.84. The summed E-state index contributed by atoms with van der Waals surface area (Å²) in [5, 5.41) is 6.02. The Labute approximate surface area is 168 Å². The average molecular weight is 400 g/mol. The number of piperidine rings is 1. The molecule has 0 saturated carbocycles. The number of likely N-dealkylation sites (tertiary alicyclic amines) is 1. The Morgan fingerprint density at radius 2 is 1.50 bits per heavy atom. The van der Waals surface area contributed by atoms with E-state index >= 15 is 0 Å². The van der Waals surface area contributed by atoms with Crippen LogP contribution >= 0.6 is 11.6 Å². The van der Waals surface area contributed by atoms with Gasteiger partial charge in [-0.05, 0) is 49.2 Å². The van der Waals surface area contributed by atoms with Gasteiger partial charge >= 0.3 is 0 Å². The van der Waals surface area contributed by atoms with Gasteiger partial charge in [-0.3, -0.25) is 14.4 Å². The minimum atomic E-state index is -0.148. The largest absolute Gasteiger partial charge is 0.339 e. The maximum absolute atomic E-state index is 12.6. The molecular weight excluding hydrogens is 378 g/mol. The van der Waals surface area contributed by atoms with E-state index in [1.165, 1.54) is 6.92 Å². The van der Waals surface area contributed by atoms with Gasteiger partial charge in [0.15, 0.2) is 0 Å². The second kappa shape index (κ2) is 8.89. The van der Waals surface area contributed by atoms with E-state index in [9.17, 15) is 14.4 Å². The van der Waals surface area contributed by atoms with Crippen LogP contribution in [0.1, 0.15) is 30.1 Å². The van der Waals surface area contributed by atoms with Gasteiger partial charge in [0, 0.05) is 37.3 Å². The Bertz CT molecular complexity index is 875. The fourth-order valence-corrected chi connectivity index (χ4v) is 3.45. The number of carbonyl (C=O) groups excluding carboxylic acids is 3. The number of nitrogens with zero attached hydrogens (tertiary/aromatic N) is 1. The molecule has 2 aromatic carbocycles. The molecule has 1 aliphatic rings. The lowest BCUT2D eigenvalue weighted by atomic mass is 9.95. The van der Waals surface area contributed by atoms with Crippen molar-refractivity contribution in [3.05, 3.63) is 59.1 Å². The summed E-state index contributed by atoms with van der Waals surface area (Å²) in [6.45, 7) is 2.48. The molecular formula is C21H22ClN3O3. The molecule has 0 bridgehead atoms. The van der Waals surface area contributed by atoms with E-state index in [0.29, 0.717) is 47.9 Å². The zero-order valence-electron chi connectivity index (χ0n) is 15.6. The molecule has 0 aromatic heterocycles. The normalized spacial score (nSPS) is 14.4. The third kappa shape index (κ3) is 4.89. The number of hydrogen-bond donors (Lipinski definition) is 2. The molecule has 2 aromatic rings. The minimum absolute atomic E-state index is 0.0582. The van der Waals surface area contributed by atoms with Crippen molar-refractivity contribution >= 4 is 40.7 Å². The van der Waals surface area contributed by atoms with Gasteiger partial charge in [0.05, 0.1) is 10.6 Å². The van der Waals surface area contributed by atoms with Gasteiger partial charge in [-0.25, -0.2) is 0 Å². The Hall–Kier alpha value is -2.86. The number of nitrogens with one attached hydrogen (secondary N) is 2. The Morgan fingerprint density at radius 3 is 2.07 bits per heavy atom. The summed E-state index contributed by atoms with van der Waals surface area (Å²) < 4.78 is 0. The van der Waals surface area contributed by atoms with E-state index in [1.54, 1.807) is 53.4 Å². The van der Waals surface area contributed by atoms with Crippen molar-refractivity contribution in [3.63, 3.8) is 0 Å². The monoisotopic (exact) mass is 399 g/mol. The first-order chi connectivity index (χ1) is 13.4. The van der Waals surface area contributed by atoms with Crippen LogP contribution in [0.15, 0.2) is 48.5 Å². The molecule has 6 nitrogen and oxygen atoms in total. The van der Waals surface area contributed by atoms with Crippen LogP contribution in [0.4, 0.5) is 11.4 Å². The molecule has 28 heavy (non-hydrogen) atoms. The summed E-state index contributed by atoms with van der Waals surface area (Å²) in [7, 11) is 0. The molecule has 0 unspecified atom stereocenters. The summed E-state index contributed by atoms with van der Waals surface area (Å²) in [6.07, 6.45) is 1.21. The summed E-state index contributed by atoms with van der Waals surface area (Å²) in [5.74, 6) is -0.449. The van der Waals surface area contributed by atoms with Crippen molar-refractivity contribution < 1.29 is 14.4 Å². The highest BCUT2D eigenvalue weighted by Gasteiger charge is 2.28. The third-order valence-electron chi connectivity index (χ3n) is 4.73. The van der Waals surface area contributed by atoms with E-state index in [0.717, 1.165) is 0 Å². The molecule has 1 heterocycles. The van der Waals surface area contributed by atoms with Gasteiger partial charge in [-0.2, -0.15) is 0 Å². The van der Waals surface area contributed by atoms with E-state index in [1.807, 2.05) is 0 Å². The van der Waals surface area contributed by atoms with Crippen LogP contribution in [0.25, 0.3) is 0 Å². The second-order valence-corrected chi connectivity index (χ2v) is 7.20. The lowest BCUT2D eigenvalue weighted by molar-refractivity contribution is -0.121. The zero-order chi connectivity index (χ0) is 20.1. The molecule has 0 spiro atoms.